The maximum Gasteiger partial charge on any atom is 0.416 e. The fraction of sp³-hybridized carbons (Fsp3) is 0.412. The quantitative estimate of drug-likeness (QED) is 0.791. The average Bonchev–Trinajstić information content (AvgIpc) is 2.80. The highest BCUT2D eigenvalue weighted by Gasteiger charge is 2.31. The molecule has 146 valence electrons. The second-order valence-electron chi connectivity index (χ2n) is 6.39. The molecule has 0 saturated carbocycles. The molecule has 0 radical (unpaired) electrons. The van der Waals surface area contributed by atoms with E-state index >= 15 is 0 Å². The van der Waals surface area contributed by atoms with Gasteiger partial charge in [0, 0.05) is 44.4 Å². The zero-order valence-electron chi connectivity index (χ0n) is 14.3. The van der Waals surface area contributed by atoms with Crippen LogP contribution in [0.5, 0.6) is 0 Å². The molecule has 0 unspecified atom stereocenters. The van der Waals surface area contributed by atoms with Gasteiger partial charge in [-0.1, -0.05) is 0 Å². The smallest absolute Gasteiger partial charge is 0.357 e. The molecular weight excluding hydrogens is 368 g/mol. The van der Waals surface area contributed by atoms with Crippen LogP contribution < -0.4 is 16.1 Å². The van der Waals surface area contributed by atoms with Crippen LogP contribution in [0.3, 0.4) is 0 Å². The number of nitrogens with one attached hydrogen (secondary N) is 2. The van der Waals surface area contributed by atoms with Crippen molar-refractivity contribution in [3.8, 4) is 0 Å². The Morgan fingerprint density at radius 1 is 1.00 bits per heavy atom. The monoisotopic (exact) mass is 386 g/mol. The van der Waals surface area contributed by atoms with E-state index in [0.717, 1.165) is 18.2 Å². The minimum absolute atomic E-state index is 0.0113. The van der Waals surface area contributed by atoms with E-state index in [9.17, 15) is 27.2 Å². The maximum atomic E-state index is 14.0. The molecule has 1 aromatic carbocycles. The molecule has 10 heteroatoms. The van der Waals surface area contributed by atoms with E-state index in [1.165, 1.54) is 6.07 Å². The van der Waals surface area contributed by atoms with Crippen LogP contribution in [0.4, 0.5) is 23.4 Å². The van der Waals surface area contributed by atoms with Gasteiger partial charge in [-0.15, -0.1) is 0 Å². The van der Waals surface area contributed by atoms with Crippen LogP contribution in [0.25, 0.3) is 0 Å². The number of rotatable bonds is 3. The number of nitrogens with zero attached hydrogens (tertiary/aromatic N) is 2. The van der Waals surface area contributed by atoms with E-state index < -0.39 is 28.8 Å². The van der Waals surface area contributed by atoms with Crippen molar-refractivity contribution >= 4 is 5.82 Å². The second-order valence-corrected chi connectivity index (χ2v) is 6.39. The Morgan fingerprint density at radius 3 is 2.48 bits per heavy atom. The zero-order valence-corrected chi connectivity index (χ0v) is 14.3. The zero-order chi connectivity index (χ0) is 19.6. The average molecular weight is 386 g/mol. The summed E-state index contributed by atoms with van der Waals surface area (Å²) in [6.07, 6.45) is -3.88. The Balaban J connectivity index is 1.72. The first-order valence-corrected chi connectivity index (χ1v) is 8.39. The molecule has 3 rings (SSSR count). The predicted octanol–water partition coefficient (Wildman–Crippen LogP) is 1.93. The van der Waals surface area contributed by atoms with Crippen molar-refractivity contribution in [2.75, 3.05) is 31.1 Å². The lowest BCUT2D eigenvalue weighted by atomic mass is 10.1. The summed E-state index contributed by atoms with van der Waals surface area (Å²) in [5.41, 5.74) is -2.01. The van der Waals surface area contributed by atoms with Gasteiger partial charge in [0.05, 0.1) is 5.56 Å². The Bertz CT molecular complexity index is 894. The van der Waals surface area contributed by atoms with Crippen molar-refractivity contribution < 1.29 is 17.6 Å². The summed E-state index contributed by atoms with van der Waals surface area (Å²) in [4.78, 5) is 31.2. The van der Waals surface area contributed by atoms with Crippen molar-refractivity contribution in [2.45, 2.75) is 19.1 Å². The maximum absolute atomic E-state index is 14.0. The fourth-order valence-electron chi connectivity index (χ4n) is 3.11. The van der Waals surface area contributed by atoms with Crippen molar-refractivity contribution in [3.63, 3.8) is 0 Å². The number of aromatic amines is 2. The molecule has 1 aromatic heterocycles. The molecule has 0 atom stereocenters. The molecule has 0 spiro atoms. The van der Waals surface area contributed by atoms with Gasteiger partial charge in [0.1, 0.15) is 11.6 Å². The van der Waals surface area contributed by atoms with Gasteiger partial charge in [-0.3, -0.25) is 19.7 Å². The van der Waals surface area contributed by atoms with Gasteiger partial charge in [0.25, 0.3) is 5.56 Å². The number of hydrogen-bond donors (Lipinski definition) is 2. The third kappa shape index (κ3) is 4.76. The Labute approximate surface area is 151 Å². The molecule has 0 bridgehead atoms. The summed E-state index contributed by atoms with van der Waals surface area (Å²) in [7, 11) is 0. The number of H-pyrrole nitrogens is 2. The van der Waals surface area contributed by atoms with Crippen LogP contribution in [0.2, 0.25) is 0 Å². The molecule has 1 aliphatic heterocycles. The van der Waals surface area contributed by atoms with Crippen LogP contribution in [0, 0.1) is 5.82 Å². The van der Waals surface area contributed by atoms with Gasteiger partial charge in [0.15, 0.2) is 0 Å². The van der Waals surface area contributed by atoms with Crippen molar-refractivity contribution in [3.05, 3.63) is 62.0 Å². The first kappa shape index (κ1) is 19.2. The molecule has 1 aliphatic rings. The van der Waals surface area contributed by atoms with Gasteiger partial charge in [-0.05, 0) is 24.6 Å². The summed E-state index contributed by atoms with van der Waals surface area (Å²) < 4.78 is 52.5. The first-order chi connectivity index (χ1) is 12.7. The number of hydrogen-bond acceptors (Lipinski definition) is 4. The summed E-state index contributed by atoms with van der Waals surface area (Å²) in [5.74, 6) is -0.293. The van der Waals surface area contributed by atoms with Gasteiger partial charge < -0.3 is 4.90 Å². The largest absolute Gasteiger partial charge is 0.416 e. The fourth-order valence-corrected chi connectivity index (χ4v) is 3.11. The highest BCUT2D eigenvalue weighted by atomic mass is 19.4. The molecular formula is C17H18F4N4O2. The van der Waals surface area contributed by atoms with Crippen molar-refractivity contribution in [1.29, 1.82) is 0 Å². The molecule has 0 amide bonds. The van der Waals surface area contributed by atoms with Gasteiger partial charge in [-0.25, -0.2) is 9.18 Å². The van der Waals surface area contributed by atoms with Gasteiger partial charge in [-0.2, -0.15) is 13.2 Å². The lowest BCUT2D eigenvalue weighted by Gasteiger charge is -2.23. The Kier molecular flexibility index (Phi) is 5.36. The highest BCUT2D eigenvalue weighted by molar-refractivity contribution is 5.36. The molecule has 2 aromatic rings. The third-order valence-corrected chi connectivity index (χ3v) is 4.44. The summed E-state index contributed by atoms with van der Waals surface area (Å²) >= 11 is 0. The van der Waals surface area contributed by atoms with Crippen LogP contribution in [0.15, 0.2) is 33.9 Å². The number of aromatic nitrogens is 2. The van der Waals surface area contributed by atoms with E-state index in [2.05, 4.69) is 9.97 Å². The minimum atomic E-state index is -4.52. The first-order valence-electron chi connectivity index (χ1n) is 8.39. The standard InChI is InChI=1S/C17H18F4N4O2/c18-13-3-2-12(17(19,20)21)8-11(13)10-24-4-1-5-25(7-6-24)14-9-15(26)23-16(27)22-14/h2-3,8-9H,1,4-7,10H2,(H2,22,23,26,27). The number of benzene rings is 1. The van der Waals surface area contributed by atoms with Crippen molar-refractivity contribution in [1.82, 2.24) is 14.9 Å². The second kappa shape index (κ2) is 7.55. The van der Waals surface area contributed by atoms with Gasteiger partial charge >= 0.3 is 11.9 Å². The van der Waals surface area contributed by atoms with Crippen LogP contribution in [-0.4, -0.2) is 41.0 Å². The van der Waals surface area contributed by atoms with Gasteiger partial charge in [0.2, 0.25) is 0 Å². The van der Waals surface area contributed by atoms with E-state index in [4.69, 9.17) is 0 Å². The minimum Gasteiger partial charge on any atom is -0.357 e. The van der Waals surface area contributed by atoms with Crippen LogP contribution in [-0.2, 0) is 12.7 Å². The SMILES string of the molecule is O=c1cc(N2CCCN(Cc3cc(C(F)(F)F)ccc3F)CC2)[nH]c(=O)[nH]1. The van der Waals surface area contributed by atoms with E-state index in [-0.39, 0.29) is 12.1 Å². The molecule has 27 heavy (non-hydrogen) atoms. The molecule has 6 nitrogen and oxygen atoms in total. The number of alkyl halides is 3. The summed E-state index contributed by atoms with van der Waals surface area (Å²) in [6, 6.07) is 3.69. The number of halogens is 4. The lowest BCUT2D eigenvalue weighted by Crippen LogP contribution is -2.34. The highest BCUT2D eigenvalue weighted by Crippen LogP contribution is 2.30. The normalized spacial score (nSPS) is 16.4. The lowest BCUT2D eigenvalue weighted by molar-refractivity contribution is -0.137. The van der Waals surface area contributed by atoms with E-state index in [0.29, 0.717) is 38.4 Å². The van der Waals surface area contributed by atoms with E-state index in [1.807, 2.05) is 9.80 Å². The molecule has 1 saturated heterocycles. The van der Waals surface area contributed by atoms with Crippen molar-refractivity contribution in [2.24, 2.45) is 0 Å². The Hall–Kier alpha value is -2.62. The van der Waals surface area contributed by atoms with Crippen LogP contribution >= 0.6 is 0 Å². The van der Waals surface area contributed by atoms with E-state index in [1.54, 1.807) is 0 Å². The summed E-state index contributed by atoms with van der Waals surface area (Å²) in [6.45, 7) is 2.06. The molecule has 2 heterocycles. The van der Waals surface area contributed by atoms with Crippen LogP contribution in [0.1, 0.15) is 17.5 Å². The molecule has 2 N–H and O–H groups in total. The molecule has 0 aliphatic carbocycles. The molecule has 1 fully saturated rings. The Morgan fingerprint density at radius 2 is 1.78 bits per heavy atom. The number of anilines is 1. The summed E-state index contributed by atoms with van der Waals surface area (Å²) in [5, 5.41) is 0. The predicted molar refractivity (Wildman–Crippen MR) is 91.2 cm³/mol. The third-order valence-electron chi connectivity index (χ3n) is 4.44. The topological polar surface area (TPSA) is 72.2 Å².